The van der Waals surface area contributed by atoms with E-state index in [0.29, 0.717) is 22.1 Å². The first-order valence-electron chi connectivity index (χ1n) is 9.52. The molecule has 1 unspecified atom stereocenters. The van der Waals surface area contributed by atoms with Gasteiger partial charge in [0.15, 0.2) is 5.43 Å². The fourth-order valence-electron chi connectivity index (χ4n) is 3.80. The van der Waals surface area contributed by atoms with Crippen molar-refractivity contribution < 1.29 is 4.74 Å². The van der Waals surface area contributed by atoms with Gasteiger partial charge >= 0.3 is 0 Å². The minimum Gasteiger partial charge on any atom is -0.496 e. The van der Waals surface area contributed by atoms with Gasteiger partial charge in [-0.2, -0.15) is 0 Å². The summed E-state index contributed by atoms with van der Waals surface area (Å²) in [4.78, 5) is 24.8. The number of anilines is 2. The molecule has 31 heavy (non-hydrogen) atoms. The number of pyridine rings is 2. The normalized spacial score (nSPS) is 12.1. The molecule has 9 heteroatoms. The Bertz CT molecular complexity index is 1370. The molecule has 3 aromatic heterocycles. The fourth-order valence-corrected chi connectivity index (χ4v) is 4.01. The number of ether oxygens (including phenoxy) is 1. The lowest BCUT2D eigenvalue weighted by molar-refractivity contribution is 0.405. The van der Waals surface area contributed by atoms with Crippen molar-refractivity contribution in [3.8, 4) is 16.9 Å². The van der Waals surface area contributed by atoms with Crippen LogP contribution in [0.15, 0.2) is 47.9 Å². The average molecular weight is 437 g/mol. The van der Waals surface area contributed by atoms with Gasteiger partial charge in [0.25, 0.3) is 0 Å². The third-order valence-electron chi connectivity index (χ3n) is 5.36. The van der Waals surface area contributed by atoms with E-state index in [1.54, 1.807) is 25.7 Å². The maximum Gasteiger partial charge on any atom is 0.194 e. The second-order valence-corrected chi connectivity index (χ2v) is 7.62. The summed E-state index contributed by atoms with van der Waals surface area (Å²) in [6, 6.07) is 4.84. The third kappa shape index (κ3) is 3.44. The van der Waals surface area contributed by atoms with Crippen molar-refractivity contribution in [2.75, 3.05) is 18.6 Å². The summed E-state index contributed by atoms with van der Waals surface area (Å²) in [5, 5.41) is 0.842. The number of methoxy groups -OCH3 is 1. The molecular formula is C22H21ClN6O2. The van der Waals surface area contributed by atoms with E-state index in [0.717, 1.165) is 22.3 Å². The van der Waals surface area contributed by atoms with Crippen molar-refractivity contribution >= 4 is 34.1 Å². The summed E-state index contributed by atoms with van der Waals surface area (Å²) < 4.78 is 7.70. The highest BCUT2D eigenvalue weighted by molar-refractivity contribution is 6.32. The number of nitrogen functional groups attached to an aromatic ring is 2. The summed E-state index contributed by atoms with van der Waals surface area (Å²) in [7, 11) is 1.60. The molecule has 0 fully saturated rings. The summed E-state index contributed by atoms with van der Waals surface area (Å²) in [5.74, 6) is 0.771. The van der Waals surface area contributed by atoms with Crippen LogP contribution in [-0.4, -0.2) is 26.6 Å². The molecule has 4 rings (SSSR count). The van der Waals surface area contributed by atoms with Gasteiger partial charge in [0.1, 0.15) is 28.9 Å². The van der Waals surface area contributed by atoms with E-state index in [2.05, 4.69) is 15.0 Å². The van der Waals surface area contributed by atoms with E-state index in [4.69, 9.17) is 27.8 Å². The Labute approximate surface area is 183 Å². The minimum absolute atomic E-state index is 0.136. The quantitative estimate of drug-likeness (QED) is 0.501. The fraction of sp³-hybridized carbons (Fsp3) is 0.182. The molecule has 0 aliphatic heterocycles. The van der Waals surface area contributed by atoms with Crippen LogP contribution in [0.4, 0.5) is 11.5 Å². The number of hydrogen-bond acceptors (Lipinski definition) is 7. The first-order valence-corrected chi connectivity index (χ1v) is 9.90. The van der Waals surface area contributed by atoms with Crippen molar-refractivity contribution in [2.24, 2.45) is 0 Å². The molecule has 0 aliphatic carbocycles. The highest BCUT2D eigenvalue weighted by Crippen LogP contribution is 2.43. The van der Waals surface area contributed by atoms with Crippen LogP contribution in [0.1, 0.15) is 24.1 Å². The molecule has 0 amide bonds. The predicted octanol–water partition coefficient (Wildman–Crippen LogP) is 3.60. The lowest BCUT2D eigenvalue weighted by Crippen LogP contribution is -2.16. The maximum absolute atomic E-state index is 12.4. The van der Waals surface area contributed by atoms with Crippen LogP contribution in [0, 0.1) is 6.92 Å². The van der Waals surface area contributed by atoms with Crippen molar-refractivity contribution in [3.05, 3.63) is 69.5 Å². The SMILES string of the molecule is COc1c(C(C)n2ccc(=O)c3c(N)ncnc32)cc(Cl)c(C)c1-c1cncc(N)c1. The number of halogens is 1. The molecule has 0 radical (unpaired) electrons. The Morgan fingerprint density at radius 1 is 1.19 bits per heavy atom. The molecule has 0 saturated carbocycles. The Kier molecular flexibility index (Phi) is 5.24. The highest BCUT2D eigenvalue weighted by Gasteiger charge is 2.23. The molecule has 158 valence electrons. The zero-order valence-electron chi connectivity index (χ0n) is 17.3. The molecule has 4 aromatic rings. The first-order chi connectivity index (χ1) is 14.8. The Hall–Kier alpha value is -3.65. The van der Waals surface area contributed by atoms with E-state index in [1.807, 2.05) is 30.5 Å². The smallest absolute Gasteiger partial charge is 0.194 e. The van der Waals surface area contributed by atoms with Gasteiger partial charge in [0.05, 0.1) is 18.8 Å². The lowest BCUT2D eigenvalue weighted by Gasteiger charge is -2.24. The highest BCUT2D eigenvalue weighted by atomic mass is 35.5. The predicted molar refractivity (Wildman–Crippen MR) is 122 cm³/mol. The summed E-state index contributed by atoms with van der Waals surface area (Å²) in [6.07, 6.45) is 6.31. The third-order valence-corrected chi connectivity index (χ3v) is 5.75. The first kappa shape index (κ1) is 20.6. The number of rotatable bonds is 4. The van der Waals surface area contributed by atoms with Crippen LogP contribution in [0.3, 0.4) is 0 Å². The molecule has 0 saturated heterocycles. The number of aromatic nitrogens is 4. The molecule has 1 atom stereocenters. The molecule has 3 heterocycles. The molecule has 0 spiro atoms. The van der Waals surface area contributed by atoms with Crippen LogP contribution in [0.25, 0.3) is 22.2 Å². The van der Waals surface area contributed by atoms with Gasteiger partial charge in [-0.3, -0.25) is 9.78 Å². The van der Waals surface area contributed by atoms with E-state index >= 15 is 0 Å². The van der Waals surface area contributed by atoms with E-state index in [-0.39, 0.29) is 22.7 Å². The zero-order valence-corrected chi connectivity index (χ0v) is 18.0. The zero-order chi connectivity index (χ0) is 22.3. The Morgan fingerprint density at radius 3 is 2.68 bits per heavy atom. The maximum atomic E-state index is 12.4. The lowest BCUT2D eigenvalue weighted by atomic mass is 9.94. The summed E-state index contributed by atoms with van der Waals surface area (Å²) in [6.45, 7) is 3.88. The number of hydrogen-bond donors (Lipinski definition) is 2. The van der Waals surface area contributed by atoms with Crippen LogP contribution in [0.2, 0.25) is 5.02 Å². The molecule has 0 bridgehead atoms. The Balaban J connectivity index is 2.00. The van der Waals surface area contributed by atoms with Crippen LogP contribution in [0.5, 0.6) is 5.75 Å². The number of nitrogens with zero attached hydrogens (tertiary/aromatic N) is 4. The van der Waals surface area contributed by atoms with Gasteiger partial charge in [-0.1, -0.05) is 11.6 Å². The van der Waals surface area contributed by atoms with Gasteiger partial charge in [-0.15, -0.1) is 0 Å². The largest absolute Gasteiger partial charge is 0.496 e. The van der Waals surface area contributed by atoms with Crippen molar-refractivity contribution in [1.29, 1.82) is 0 Å². The van der Waals surface area contributed by atoms with Gasteiger partial charge in [-0.25, -0.2) is 9.97 Å². The molecular weight excluding hydrogens is 416 g/mol. The van der Waals surface area contributed by atoms with Crippen LogP contribution >= 0.6 is 11.6 Å². The molecule has 0 aliphatic rings. The van der Waals surface area contributed by atoms with E-state index < -0.39 is 0 Å². The van der Waals surface area contributed by atoms with E-state index in [1.165, 1.54) is 12.4 Å². The second kappa shape index (κ2) is 7.88. The molecule has 4 N–H and O–H groups in total. The van der Waals surface area contributed by atoms with Crippen molar-refractivity contribution in [1.82, 2.24) is 19.5 Å². The summed E-state index contributed by atoms with van der Waals surface area (Å²) in [5.41, 5.74) is 15.9. The van der Waals surface area contributed by atoms with Crippen molar-refractivity contribution in [3.63, 3.8) is 0 Å². The summed E-state index contributed by atoms with van der Waals surface area (Å²) >= 11 is 6.63. The number of fused-ring (bicyclic) bond motifs is 1. The Morgan fingerprint density at radius 2 is 1.97 bits per heavy atom. The average Bonchev–Trinajstić information content (AvgIpc) is 2.75. The van der Waals surface area contributed by atoms with Gasteiger partial charge in [-0.05, 0) is 31.5 Å². The van der Waals surface area contributed by atoms with Gasteiger partial charge < -0.3 is 20.8 Å². The van der Waals surface area contributed by atoms with Crippen molar-refractivity contribution in [2.45, 2.75) is 19.9 Å². The number of nitrogens with two attached hydrogens (primary N) is 2. The van der Waals surface area contributed by atoms with Gasteiger partial charge in [0.2, 0.25) is 0 Å². The van der Waals surface area contributed by atoms with E-state index in [9.17, 15) is 4.79 Å². The van der Waals surface area contributed by atoms with Crippen LogP contribution in [-0.2, 0) is 0 Å². The molecule has 8 nitrogen and oxygen atoms in total. The monoisotopic (exact) mass is 436 g/mol. The number of benzene rings is 1. The topological polar surface area (TPSA) is 122 Å². The van der Waals surface area contributed by atoms with Gasteiger partial charge in [0, 0.05) is 46.4 Å². The standard InChI is InChI=1S/C22H21ClN6O2/c1-11-16(23)7-15(20(31-3)18(11)13-6-14(24)9-26-8-13)12(2)29-5-4-17(30)19-21(25)27-10-28-22(19)29/h4-10,12H,24H2,1-3H3,(H2,25,27,28). The molecule has 1 aromatic carbocycles. The van der Waals surface area contributed by atoms with Crippen LogP contribution < -0.4 is 21.6 Å². The second-order valence-electron chi connectivity index (χ2n) is 7.21. The minimum atomic E-state index is -0.293.